The van der Waals surface area contributed by atoms with E-state index < -0.39 is 0 Å². The first kappa shape index (κ1) is 14.6. The first-order valence-electron chi connectivity index (χ1n) is 5.73. The second-order valence-corrected chi connectivity index (χ2v) is 3.59. The van der Waals surface area contributed by atoms with Gasteiger partial charge in [0.05, 0.1) is 5.70 Å². The molecule has 2 heteroatoms. The monoisotopic (exact) mass is 218 g/mol. The molecule has 0 aromatic heterocycles. The lowest BCUT2D eigenvalue weighted by Crippen LogP contribution is -2.11. The van der Waals surface area contributed by atoms with Crippen molar-refractivity contribution in [3.05, 3.63) is 37.6 Å². The van der Waals surface area contributed by atoms with Gasteiger partial charge < -0.3 is 0 Å². The van der Waals surface area contributed by atoms with Gasteiger partial charge in [-0.05, 0) is 25.0 Å². The molecule has 1 atom stereocenters. The summed E-state index contributed by atoms with van der Waals surface area (Å²) in [4.78, 5) is 8.35. The van der Waals surface area contributed by atoms with Crippen LogP contribution in [0.15, 0.2) is 47.6 Å². The summed E-state index contributed by atoms with van der Waals surface area (Å²) in [6.45, 7) is 15.4. The van der Waals surface area contributed by atoms with Crippen LogP contribution in [-0.4, -0.2) is 12.1 Å². The summed E-state index contributed by atoms with van der Waals surface area (Å²) in [6, 6.07) is 0. The van der Waals surface area contributed by atoms with E-state index in [1.807, 2.05) is 6.08 Å². The molecule has 0 rings (SSSR count). The normalized spacial score (nSPS) is 13.8. The number of rotatable bonds is 8. The van der Waals surface area contributed by atoms with Crippen LogP contribution < -0.4 is 0 Å². The summed E-state index contributed by atoms with van der Waals surface area (Å²) in [7, 11) is 0. The van der Waals surface area contributed by atoms with Crippen LogP contribution in [0.5, 0.6) is 0 Å². The Balaban J connectivity index is 4.62. The molecule has 2 nitrogen and oxygen atoms in total. The van der Waals surface area contributed by atoms with Crippen LogP contribution in [0.1, 0.15) is 33.1 Å². The Hall–Kier alpha value is -1.44. The summed E-state index contributed by atoms with van der Waals surface area (Å²) in [6.07, 6.45) is 8.31. The Bertz CT molecular complexity index is 298. The average Bonchev–Trinajstić information content (AvgIpc) is 2.32. The zero-order valence-corrected chi connectivity index (χ0v) is 10.4. The van der Waals surface area contributed by atoms with Gasteiger partial charge in [-0.2, -0.15) is 0 Å². The van der Waals surface area contributed by atoms with Gasteiger partial charge in [-0.1, -0.05) is 40.0 Å². The summed E-state index contributed by atoms with van der Waals surface area (Å²) in [5.74, 6) is 0.478. The SMILES string of the molecule is C=CC(=C)N=CN=C(C=C)C(CC)CCC. The van der Waals surface area contributed by atoms with Crippen LogP contribution >= 0.6 is 0 Å². The van der Waals surface area contributed by atoms with Gasteiger partial charge in [0.15, 0.2) is 0 Å². The first-order chi connectivity index (χ1) is 7.69. The van der Waals surface area contributed by atoms with Crippen LogP contribution in [0, 0.1) is 5.92 Å². The minimum Gasteiger partial charge on any atom is -0.241 e. The van der Waals surface area contributed by atoms with E-state index in [0.717, 1.165) is 25.0 Å². The average molecular weight is 218 g/mol. The number of hydrogen-bond donors (Lipinski definition) is 0. The van der Waals surface area contributed by atoms with Gasteiger partial charge in [0.25, 0.3) is 0 Å². The highest BCUT2D eigenvalue weighted by Crippen LogP contribution is 2.13. The molecular weight excluding hydrogens is 196 g/mol. The molecule has 0 aliphatic rings. The Morgan fingerprint density at radius 3 is 2.38 bits per heavy atom. The van der Waals surface area contributed by atoms with E-state index in [1.165, 1.54) is 6.34 Å². The van der Waals surface area contributed by atoms with Crippen molar-refractivity contribution in [1.82, 2.24) is 0 Å². The van der Waals surface area contributed by atoms with E-state index in [1.54, 1.807) is 6.08 Å². The van der Waals surface area contributed by atoms with Crippen molar-refractivity contribution in [3.63, 3.8) is 0 Å². The molecular formula is C14H22N2. The van der Waals surface area contributed by atoms with E-state index in [2.05, 4.69) is 43.6 Å². The predicted molar refractivity (Wildman–Crippen MR) is 74.2 cm³/mol. The Morgan fingerprint density at radius 2 is 1.94 bits per heavy atom. The zero-order chi connectivity index (χ0) is 12.4. The van der Waals surface area contributed by atoms with Crippen molar-refractivity contribution in [2.75, 3.05) is 0 Å². The van der Waals surface area contributed by atoms with Gasteiger partial charge in [0.1, 0.15) is 6.34 Å². The highest BCUT2D eigenvalue weighted by Gasteiger charge is 2.09. The third kappa shape index (κ3) is 5.44. The maximum Gasteiger partial charge on any atom is 0.116 e. The van der Waals surface area contributed by atoms with Gasteiger partial charge in [0, 0.05) is 11.6 Å². The third-order valence-electron chi connectivity index (χ3n) is 2.42. The second-order valence-electron chi connectivity index (χ2n) is 3.59. The van der Waals surface area contributed by atoms with Crippen LogP contribution in [-0.2, 0) is 0 Å². The number of nitrogens with zero attached hydrogens (tertiary/aromatic N) is 2. The fraction of sp³-hybridized carbons (Fsp3) is 0.429. The van der Waals surface area contributed by atoms with Crippen LogP contribution in [0.2, 0.25) is 0 Å². The predicted octanol–water partition coefficient (Wildman–Crippen LogP) is 4.17. The fourth-order valence-electron chi connectivity index (χ4n) is 1.46. The van der Waals surface area contributed by atoms with Crippen molar-refractivity contribution >= 4 is 12.1 Å². The molecule has 1 unspecified atom stereocenters. The Kier molecular flexibility index (Phi) is 8.04. The lowest BCUT2D eigenvalue weighted by molar-refractivity contribution is 0.597. The quantitative estimate of drug-likeness (QED) is 0.332. The molecule has 0 radical (unpaired) electrons. The smallest absolute Gasteiger partial charge is 0.116 e. The summed E-state index contributed by atoms with van der Waals surface area (Å²) < 4.78 is 0. The Morgan fingerprint density at radius 1 is 1.25 bits per heavy atom. The molecule has 0 aliphatic carbocycles. The minimum atomic E-state index is 0.478. The van der Waals surface area contributed by atoms with Gasteiger partial charge in [-0.15, -0.1) is 0 Å². The molecule has 88 valence electrons. The van der Waals surface area contributed by atoms with Gasteiger partial charge in [-0.3, -0.25) is 0 Å². The van der Waals surface area contributed by atoms with Crippen molar-refractivity contribution in [1.29, 1.82) is 0 Å². The van der Waals surface area contributed by atoms with Crippen molar-refractivity contribution in [3.8, 4) is 0 Å². The van der Waals surface area contributed by atoms with E-state index in [-0.39, 0.29) is 0 Å². The molecule has 0 fully saturated rings. The number of hydrogen-bond acceptors (Lipinski definition) is 1. The fourth-order valence-corrected chi connectivity index (χ4v) is 1.46. The van der Waals surface area contributed by atoms with E-state index in [0.29, 0.717) is 11.6 Å². The molecule has 0 aromatic rings. The first-order valence-corrected chi connectivity index (χ1v) is 5.73. The maximum atomic E-state index is 4.32. The van der Waals surface area contributed by atoms with Crippen LogP contribution in [0.25, 0.3) is 0 Å². The number of allylic oxidation sites excluding steroid dienone is 2. The lowest BCUT2D eigenvalue weighted by Gasteiger charge is -2.12. The molecule has 0 aromatic carbocycles. The summed E-state index contributed by atoms with van der Waals surface area (Å²) in [5.41, 5.74) is 1.63. The van der Waals surface area contributed by atoms with E-state index >= 15 is 0 Å². The van der Waals surface area contributed by atoms with Crippen molar-refractivity contribution in [2.45, 2.75) is 33.1 Å². The second kappa shape index (κ2) is 8.84. The van der Waals surface area contributed by atoms with Crippen LogP contribution in [0.4, 0.5) is 0 Å². The molecule has 16 heavy (non-hydrogen) atoms. The number of aliphatic imine (C=N–C) groups is 2. The van der Waals surface area contributed by atoms with E-state index in [9.17, 15) is 0 Å². The molecule has 0 bridgehead atoms. The molecule has 0 saturated heterocycles. The van der Waals surface area contributed by atoms with E-state index in [4.69, 9.17) is 0 Å². The van der Waals surface area contributed by atoms with Crippen molar-refractivity contribution in [2.24, 2.45) is 15.9 Å². The maximum absolute atomic E-state index is 4.32. The van der Waals surface area contributed by atoms with Gasteiger partial charge in [-0.25, -0.2) is 9.98 Å². The summed E-state index contributed by atoms with van der Waals surface area (Å²) >= 11 is 0. The minimum absolute atomic E-state index is 0.478. The molecule has 0 aliphatic heterocycles. The molecule has 0 N–H and O–H groups in total. The molecule has 0 spiro atoms. The van der Waals surface area contributed by atoms with Crippen LogP contribution in [0.3, 0.4) is 0 Å². The highest BCUT2D eigenvalue weighted by atomic mass is 14.9. The standard InChI is InChI=1S/C14H22N2/c1-6-10-13(8-3)14(9-4)16-11-15-12(5)7-2/h7,9,11,13H,2,4-6,8,10H2,1,3H3. The van der Waals surface area contributed by atoms with Gasteiger partial charge >= 0.3 is 0 Å². The topological polar surface area (TPSA) is 24.7 Å². The largest absolute Gasteiger partial charge is 0.241 e. The van der Waals surface area contributed by atoms with Gasteiger partial charge in [0.2, 0.25) is 0 Å². The molecule has 0 heterocycles. The molecule has 0 amide bonds. The highest BCUT2D eigenvalue weighted by molar-refractivity contribution is 6.00. The Labute approximate surface area is 99.2 Å². The zero-order valence-electron chi connectivity index (χ0n) is 10.4. The van der Waals surface area contributed by atoms with Crippen molar-refractivity contribution < 1.29 is 0 Å². The third-order valence-corrected chi connectivity index (χ3v) is 2.42. The molecule has 0 saturated carbocycles. The summed E-state index contributed by atoms with van der Waals surface area (Å²) in [5, 5.41) is 0. The lowest BCUT2D eigenvalue weighted by atomic mass is 9.95.